The van der Waals surface area contributed by atoms with Gasteiger partial charge in [-0.05, 0) is 70.2 Å². The number of non-ortho nitro benzene ring substituents is 1. The topological polar surface area (TPSA) is 79.6 Å². The molecule has 0 atom stereocenters. The smallest absolute Gasteiger partial charge is 0.270 e. The van der Waals surface area contributed by atoms with Gasteiger partial charge in [-0.25, -0.2) is 4.98 Å². The van der Waals surface area contributed by atoms with Crippen LogP contribution in [-0.4, -0.2) is 47.9 Å². The van der Waals surface area contributed by atoms with Crippen LogP contribution in [0.2, 0.25) is 5.02 Å². The zero-order valence-corrected chi connectivity index (χ0v) is 18.9. The molecule has 0 aliphatic heterocycles. The molecule has 3 aromatic rings. The van der Waals surface area contributed by atoms with E-state index < -0.39 is 10.8 Å². The number of nitro groups is 1. The minimum Gasteiger partial charge on any atom is -0.309 e. The first-order chi connectivity index (χ1) is 14.2. The van der Waals surface area contributed by atoms with Crippen LogP contribution in [0.3, 0.4) is 0 Å². The van der Waals surface area contributed by atoms with Crippen LogP contribution in [0.4, 0.5) is 10.8 Å². The van der Waals surface area contributed by atoms with Gasteiger partial charge in [0, 0.05) is 18.7 Å². The Morgan fingerprint density at radius 3 is 2.53 bits per heavy atom. The summed E-state index contributed by atoms with van der Waals surface area (Å²) in [6.07, 6.45) is 0.721. The van der Waals surface area contributed by atoms with Gasteiger partial charge in [0.25, 0.3) is 11.6 Å². The highest BCUT2D eigenvalue weighted by Gasteiger charge is 2.25. The number of benzene rings is 2. The Labute approximate surface area is 184 Å². The summed E-state index contributed by atoms with van der Waals surface area (Å²) in [5, 5.41) is 11.9. The summed E-state index contributed by atoms with van der Waals surface area (Å²) in [7, 11) is 3.93. The predicted octanol–water partition coefficient (Wildman–Crippen LogP) is 5.07. The van der Waals surface area contributed by atoms with Gasteiger partial charge in [-0.15, -0.1) is 0 Å². The van der Waals surface area contributed by atoms with E-state index >= 15 is 0 Å². The summed E-state index contributed by atoms with van der Waals surface area (Å²) in [5.41, 5.74) is 3.04. The fraction of sp³-hybridized carbons (Fsp3) is 0.333. The van der Waals surface area contributed by atoms with Crippen LogP contribution >= 0.6 is 22.9 Å². The number of hydrogen-bond acceptors (Lipinski definition) is 6. The number of rotatable bonds is 7. The zero-order valence-electron chi connectivity index (χ0n) is 17.3. The molecule has 3 rings (SSSR count). The van der Waals surface area contributed by atoms with E-state index in [1.165, 1.54) is 29.5 Å². The summed E-state index contributed by atoms with van der Waals surface area (Å²) in [4.78, 5) is 32.3. The lowest BCUT2D eigenvalue weighted by Gasteiger charge is -2.21. The normalized spacial score (nSPS) is 11.3. The van der Waals surface area contributed by atoms with E-state index in [4.69, 9.17) is 11.6 Å². The van der Waals surface area contributed by atoms with E-state index in [9.17, 15) is 14.9 Å². The largest absolute Gasteiger partial charge is 0.309 e. The number of fused-ring (bicyclic) bond motifs is 1. The maximum absolute atomic E-state index is 13.4. The van der Waals surface area contributed by atoms with Crippen LogP contribution in [0.25, 0.3) is 10.2 Å². The lowest BCUT2D eigenvalue weighted by molar-refractivity contribution is -0.384. The van der Waals surface area contributed by atoms with Crippen molar-refractivity contribution in [1.29, 1.82) is 0 Å². The third-order valence-corrected chi connectivity index (χ3v) is 6.22. The fourth-order valence-electron chi connectivity index (χ4n) is 3.05. The van der Waals surface area contributed by atoms with Crippen molar-refractivity contribution in [3.8, 4) is 0 Å². The van der Waals surface area contributed by atoms with Crippen molar-refractivity contribution in [3.63, 3.8) is 0 Å². The lowest BCUT2D eigenvalue weighted by atomic mass is 10.1. The number of nitro benzene ring substituents is 1. The van der Waals surface area contributed by atoms with E-state index in [0.717, 1.165) is 34.3 Å². The van der Waals surface area contributed by atoms with Crippen molar-refractivity contribution in [2.75, 3.05) is 32.1 Å². The highest BCUT2D eigenvalue weighted by atomic mass is 35.5. The number of carbonyl (C=O) groups is 1. The molecule has 0 aliphatic rings. The van der Waals surface area contributed by atoms with Gasteiger partial charge in [0.2, 0.25) is 0 Å². The van der Waals surface area contributed by atoms with Crippen molar-refractivity contribution in [1.82, 2.24) is 9.88 Å². The lowest BCUT2D eigenvalue weighted by Crippen LogP contribution is -2.33. The molecule has 0 radical (unpaired) electrons. The zero-order chi connectivity index (χ0) is 22.0. The molecule has 9 heteroatoms. The molecule has 2 aromatic carbocycles. The number of anilines is 1. The number of aryl methyl sites for hydroxylation is 2. The van der Waals surface area contributed by atoms with E-state index in [2.05, 4.69) is 11.1 Å². The molecule has 0 N–H and O–H groups in total. The second-order valence-electron chi connectivity index (χ2n) is 7.44. The predicted molar refractivity (Wildman–Crippen MR) is 122 cm³/mol. The van der Waals surface area contributed by atoms with Gasteiger partial charge in [0.05, 0.1) is 25.7 Å². The van der Waals surface area contributed by atoms with Crippen LogP contribution in [0.5, 0.6) is 0 Å². The molecular formula is C21H23ClN4O3S. The number of amides is 1. The van der Waals surface area contributed by atoms with Gasteiger partial charge in [-0.2, -0.15) is 0 Å². The van der Waals surface area contributed by atoms with E-state index in [0.29, 0.717) is 11.7 Å². The SMILES string of the molecule is Cc1cc2nc(N(CCCN(C)C)C(=O)c3cc([N+](=O)[O-])ccc3Cl)sc2cc1C. The maximum atomic E-state index is 13.4. The molecule has 0 saturated heterocycles. The fourth-order valence-corrected chi connectivity index (χ4v) is 4.32. The van der Waals surface area contributed by atoms with Gasteiger partial charge >= 0.3 is 0 Å². The standard InChI is InChI=1S/C21H23ClN4O3S/c1-13-10-18-19(11-14(13)2)30-21(23-18)25(9-5-8-24(3)4)20(27)16-12-15(26(28)29)6-7-17(16)22/h6-7,10-12H,5,8-9H2,1-4H3. The Hall–Kier alpha value is -2.55. The van der Waals surface area contributed by atoms with Crippen LogP contribution < -0.4 is 4.90 Å². The Bertz CT molecular complexity index is 1070. The molecule has 0 unspecified atom stereocenters. The maximum Gasteiger partial charge on any atom is 0.270 e. The molecule has 1 amide bonds. The van der Waals surface area contributed by atoms with Gasteiger partial charge in [-0.3, -0.25) is 19.8 Å². The number of halogens is 1. The highest BCUT2D eigenvalue weighted by molar-refractivity contribution is 7.22. The van der Waals surface area contributed by atoms with Crippen molar-refractivity contribution >= 4 is 49.9 Å². The van der Waals surface area contributed by atoms with E-state index in [1.807, 2.05) is 38.9 Å². The molecule has 0 bridgehead atoms. The van der Waals surface area contributed by atoms with Crippen molar-refractivity contribution in [3.05, 3.63) is 62.2 Å². The average molecular weight is 447 g/mol. The van der Waals surface area contributed by atoms with Crippen LogP contribution in [-0.2, 0) is 0 Å². The molecule has 0 aliphatic carbocycles. The van der Waals surface area contributed by atoms with Crippen molar-refractivity contribution < 1.29 is 9.72 Å². The van der Waals surface area contributed by atoms with Crippen molar-refractivity contribution in [2.45, 2.75) is 20.3 Å². The number of hydrogen-bond donors (Lipinski definition) is 0. The second kappa shape index (κ2) is 9.07. The summed E-state index contributed by atoms with van der Waals surface area (Å²) < 4.78 is 0.989. The number of carbonyl (C=O) groups excluding carboxylic acids is 1. The Morgan fingerprint density at radius 2 is 1.87 bits per heavy atom. The van der Waals surface area contributed by atoms with E-state index in [1.54, 1.807) is 4.90 Å². The van der Waals surface area contributed by atoms with Crippen LogP contribution in [0, 0.1) is 24.0 Å². The molecule has 0 saturated carbocycles. The number of thiazole rings is 1. The summed E-state index contributed by atoms with van der Waals surface area (Å²) in [6.45, 7) is 5.27. The Kier molecular flexibility index (Phi) is 6.70. The molecule has 0 fully saturated rings. The molecule has 7 nitrogen and oxygen atoms in total. The second-order valence-corrected chi connectivity index (χ2v) is 8.85. The van der Waals surface area contributed by atoms with Gasteiger partial charge in [-0.1, -0.05) is 22.9 Å². The van der Waals surface area contributed by atoms with Crippen molar-refractivity contribution in [2.24, 2.45) is 0 Å². The van der Waals surface area contributed by atoms with Gasteiger partial charge in [0.15, 0.2) is 5.13 Å². The summed E-state index contributed by atoms with van der Waals surface area (Å²) in [5.74, 6) is -0.394. The third-order valence-electron chi connectivity index (χ3n) is 4.85. The minimum atomic E-state index is -0.535. The molecular weight excluding hydrogens is 424 g/mol. The Balaban J connectivity index is 2.03. The first-order valence-corrected chi connectivity index (χ1v) is 10.6. The van der Waals surface area contributed by atoms with E-state index in [-0.39, 0.29) is 16.3 Å². The highest BCUT2D eigenvalue weighted by Crippen LogP contribution is 2.33. The monoisotopic (exact) mass is 446 g/mol. The molecule has 1 aromatic heterocycles. The minimum absolute atomic E-state index is 0.0994. The number of nitrogens with zero attached hydrogens (tertiary/aromatic N) is 4. The third kappa shape index (κ3) is 4.77. The van der Waals surface area contributed by atoms with Crippen LogP contribution in [0.15, 0.2) is 30.3 Å². The summed E-state index contributed by atoms with van der Waals surface area (Å²) >= 11 is 7.67. The molecule has 30 heavy (non-hydrogen) atoms. The average Bonchev–Trinajstić information content (AvgIpc) is 3.07. The summed E-state index contributed by atoms with van der Waals surface area (Å²) in [6, 6.07) is 7.97. The first kappa shape index (κ1) is 22.1. The number of aromatic nitrogens is 1. The quantitative estimate of drug-likeness (QED) is 0.373. The van der Waals surface area contributed by atoms with Crippen LogP contribution in [0.1, 0.15) is 27.9 Å². The Morgan fingerprint density at radius 1 is 1.17 bits per heavy atom. The molecule has 158 valence electrons. The molecule has 1 heterocycles. The van der Waals surface area contributed by atoms with Gasteiger partial charge < -0.3 is 4.90 Å². The molecule has 0 spiro atoms. The first-order valence-electron chi connectivity index (χ1n) is 9.45. The van der Waals surface area contributed by atoms with Gasteiger partial charge in [0.1, 0.15) is 0 Å².